The summed E-state index contributed by atoms with van der Waals surface area (Å²) in [5.74, 6) is 0.625. The molecule has 0 saturated carbocycles. The lowest BCUT2D eigenvalue weighted by molar-refractivity contribution is -0.118. The summed E-state index contributed by atoms with van der Waals surface area (Å²) in [6.07, 6.45) is 3.79. The number of rotatable bonds is 4. The fraction of sp³-hybridized carbons (Fsp3) is 0.889. The summed E-state index contributed by atoms with van der Waals surface area (Å²) < 4.78 is 10.7. The van der Waals surface area contributed by atoms with Crippen molar-refractivity contribution in [2.24, 2.45) is 5.92 Å². The molecule has 1 aliphatic rings. The first-order valence-electron chi connectivity index (χ1n) is 4.96. The molecule has 5 heteroatoms. The Balaban J connectivity index is 2.12. The SMILES string of the molecule is CS(=O)CC(=O)NCC1CCNCC1. The lowest BCUT2D eigenvalue weighted by Crippen LogP contribution is -2.37. The maximum absolute atomic E-state index is 11.2. The molecule has 1 atom stereocenters. The Kier molecular flexibility index (Phi) is 5.11. The number of amides is 1. The lowest BCUT2D eigenvalue weighted by Gasteiger charge is -2.22. The molecular weight excluding hydrogens is 200 g/mol. The van der Waals surface area contributed by atoms with Gasteiger partial charge in [0.15, 0.2) is 0 Å². The van der Waals surface area contributed by atoms with Crippen LogP contribution in [-0.2, 0) is 15.6 Å². The van der Waals surface area contributed by atoms with Gasteiger partial charge in [-0.05, 0) is 31.8 Å². The van der Waals surface area contributed by atoms with Gasteiger partial charge >= 0.3 is 0 Å². The molecule has 1 amide bonds. The predicted octanol–water partition coefficient (Wildman–Crippen LogP) is -0.519. The molecule has 0 bridgehead atoms. The molecule has 2 N–H and O–H groups in total. The quantitative estimate of drug-likeness (QED) is 0.667. The molecule has 1 heterocycles. The van der Waals surface area contributed by atoms with Gasteiger partial charge in [-0.15, -0.1) is 0 Å². The average molecular weight is 218 g/mol. The van der Waals surface area contributed by atoms with Gasteiger partial charge in [-0.25, -0.2) is 0 Å². The number of carbonyl (C=O) groups excluding carboxylic acids is 1. The van der Waals surface area contributed by atoms with Crippen LogP contribution in [0, 0.1) is 5.92 Å². The van der Waals surface area contributed by atoms with Crippen LogP contribution in [0.2, 0.25) is 0 Å². The average Bonchev–Trinajstić information content (AvgIpc) is 2.15. The minimum absolute atomic E-state index is 0.0932. The van der Waals surface area contributed by atoms with Gasteiger partial charge in [0.05, 0.1) is 0 Å². The second-order valence-corrected chi connectivity index (χ2v) is 5.15. The molecule has 1 fully saturated rings. The van der Waals surface area contributed by atoms with Crippen molar-refractivity contribution in [1.82, 2.24) is 10.6 Å². The second kappa shape index (κ2) is 6.14. The molecule has 0 aliphatic carbocycles. The van der Waals surface area contributed by atoms with E-state index in [0.717, 1.165) is 32.5 Å². The van der Waals surface area contributed by atoms with Gasteiger partial charge in [0.2, 0.25) is 5.91 Å². The van der Waals surface area contributed by atoms with Crippen LogP contribution in [0.15, 0.2) is 0 Å². The Hall–Kier alpha value is -0.420. The third-order valence-electron chi connectivity index (χ3n) is 2.38. The van der Waals surface area contributed by atoms with Crippen LogP contribution < -0.4 is 10.6 Å². The first-order chi connectivity index (χ1) is 6.68. The highest BCUT2D eigenvalue weighted by atomic mass is 32.2. The number of hydrogen-bond donors (Lipinski definition) is 2. The first-order valence-corrected chi connectivity index (χ1v) is 6.68. The number of hydrogen-bond acceptors (Lipinski definition) is 3. The van der Waals surface area contributed by atoms with Gasteiger partial charge in [0.1, 0.15) is 5.75 Å². The van der Waals surface area contributed by atoms with Crippen molar-refractivity contribution in [2.45, 2.75) is 12.8 Å². The summed E-state index contributed by atoms with van der Waals surface area (Å²) in [5, 5.41) is 6.10. The van der Waals surface area contributed by atoms with E-state index in [9.17, 15) is 9.00 Å². The van der Waals surface area contributed by atoms with E-state index in [1.165, 1.54) is 0 Å². The largest absolute Gasteiger partial charge is 0.355 e. The van der Waals surface area contributed by atoms with Crippen molar-refractivity contribution in [3.8, 4) is 0 Å². The highest BCUT2D eigenvalue weighted by Gasteiger charge is 2.13. The van der Waals surface area contributed by atoms with Gasteiger partial charge in [0.25, 0.3) is 0 Å². The second-order valence-electron chi connectivity index (χ2n) is 3.71. The number of piperidine rings is 1. The Morgan fingerprint density at radius 3 is 2.71 bits per heavy atom. The van der Waals surface area contributed by atoms with Crippen molar-refractivity contribution in [3.05, 3.63) is 0 Å². The molecule has 14 heavy (non-hydrogen) atoms. The summed E-state index contributed by atoms with van der Waals surface area (Å²) in [4.78, 5) is 11.2. The Morgan fingerprint density at radius 1 is 1.50 bits per heavy atom. The van der Waals surface area contributed by atoms with Crippen LogP contribution in [0.5, 0.6) is 0 Å². The van der Waals surface area contributed by atoms with Crippen LogP contribution in [0.25, 0.3) is 0 Å². The highest BCUT2D eigenvalue weighted by Crippen LogP contribution is 2.09. The van der Waals surface area contributed by atoms with Gasteiger partial charge in [-0.1, -0.05) is 0 Å². The minimum Gasteiger partial charge on any atom is -0.355 e. The van der Waals surface area contributed by atoms with Crippen molar-refractivity contribution >= 4 is 16.7 Å². The van der Waals surface area contributed by atoms with Gasteiger partial charge < -0.3 is 10.6 Å². The Bertz CT molecular complexity index is 215. The van der Waals surface area contributed by atoms with Crippen LogP contribution in [0.3, 0.4) is 0 Å². The van der Waals surface area contributed by atoms with E-state index >= 15 is 0 Å². The van der Waals surface area contributed by atoms with E-state index in [2.05, 4.69) is 10.6 Å². The van der Waals surface area contributed by atoms with E-state index in [0.29, 0.717) is 5.92 Å². The zero-order chi connectivity index (χ0) is 10.4. The molecule has 1 saturated heterocycles. The molecular formula is C9H18N2O2S. The molecule has 0 spiro atoms. The third-order valence-corrected chi connectivity index (χ3v) is 3.05. The minimum atomic E-state index is -1.03. The summed E-state index contributed by atoms with van der Waals surface area (Å²) >= 11 is 0. The highest BCUT2D eigenvalue weighted by molar-refractivity contribution is 7.85. The summed E-state index contributed by atoms with van der Waals surface area (Å²) in [6.45, 7) is 2.82. The summed E-state index contributed by atoms with van der Waals surface area (Å²) in [5.41, 5.74) is 0. The number of nitrogens with one attached hydrogen (secondary N) is 2. The third kappa shape index (κ3) is 4.72. The standard InChI is InChI=1S/C9H18N2O2S/c1-14(13)7-9(12)11-6-8-2-4-10-5-3-8/h8,10H,2-7H2,1H3,(H,11,12). The molecule has 0 radical (unpaired) electrons. The zero-order valence-corrected chi connectivity index (χ0v) is 9.36. The molecule has 4 nitrogen and oxygen atoms in total. The maximum Gasteiger partial charge on any atom is 0.232 e. The Morgan fingerprint density at radius 2 is 2.14 bits per heavy atom. The van der Waals surface area contributed by atoms with E-state index < -0.39 is 10.8 Å². The molecule has 1 rings (SSSR count). The molecule has 0 aromatic heterocycles. The van der Waals surface area contributed by atoms with Gasteiger partial charge in [-0.2, -0.15) is 0 Å². The van der Waals surface area contributed by atoms with Crippen LogP contribution in [0.4, 0.5) is 0 Å². The Labute approximate surface area is 87.3 Å². The van der Waals surface area contributed by atoms with E-state index in [-0.39, 0.29) is 11.7 Å². The van der Waals surface area contributed by atoms with Crippen molar-refractivity contribution in [3.63, 3.8) is 0 Å². The normalized spacial score (nSPS) is 20.4. The molecule has 82 valence electrons. The fourth-order valence-electron chi connectivity index (χ4n) is 1.58. The van der Waals surface area contributed by atoms with Crippen molar-refractivity contribution < 1.29 is 9.00 Å². The van der Waals surface area contributed by atoms with Crippen molar-refractivity contribution in [1.29, 1.82) is 0 Å². The van der Waals surface area contributed by atoms with E-state index in [1.54, 1.807) is 6.26 Å². The fourth-order valence-corrected chi connectivity index (χ4v) is 2.05. The van der Waals surface area contributed by atoms with Gasteiger partial charge in [-0.3, -0.25) is 9.00 Å². The monoisotopic (exact) mass is 218 g/mol. The topological polar surface area (TPSA) is 58.2 Å². The van der Waals surface area contributed by atoms with E-state index in [4.69, 9.17) is 0 Å². The van der Waals surface area contributed by atoms with Crippen molar-refractivity contribution in [2.75, 3.05) is 31.6 Å². The zero-order valence-electron chi connectivity index (χ0n) is 8.54. The number of carbonyl (C=O) groups is 1. The summed E-state index contributed by atoms with van der Waals surface area (Å²) in [7, 11) is -1.03. The molecule has 0 aromatic carbocycles. The van der Waals surface area contributed by atoms with Crippen LogP contribution in [0.1, 0.15) is 12.8 Å². The molecule has 1 aliphatic heterocycles. The predicted molar refractivity (Wildman–Crippen MR) is 57.5 cm³/mol. The van der Waals surface area contributed by atoms with Crippen LogP contribution >= 0.6 is 0 Å². The smallest absolute Gasteiger partial charge is 0.232 e. The van der Waals surface area contributed by atoms with Gasteiger partial charge in [0, 0.05) is 23.6 Å². The lowest BCUT2D eigenvalue weighted by atomic mass is 9.98. The summed E-state index contributed by atoms with van der Waals surface area (Å²) in [6, 6.07) is 0. The van der Waals surface area contributed by atoms with E-state index in [1.807, 2.05) is 0 Å². The first kappa shape index (κ1) is 11.7. The maximum atomic E-state index is 11.2. The van der Waals surface area contributed by atoms with Crippen LogP contribution in [-0.4, -0.2) is 41.8 Å². The molecule has 1 unspecified atom stereocenters. The molecule has 0 aromatic rings.